The summed E-state index contributed by atoms with van der Waals surface area (Å²) >= 11 is 1.03. The number of rotatable bonds is 8. The Kier molecular flexibility index (Phi) is 6.79. The molecule has 1 heterocycles. The van der Waals surface area contributed by atoms with E-state index >= 15 is 0 Å². The summed E-state index contributed by atoms with van der Waals surface area (Å²) in [5.74, 6) is -2.39. The highest BCUT2D eigenvalue weighted by Gasteiger charge is 2.22. The normalized spacial score (nSPS) is 17.4. The summed E-state index contributed by atoms with van der Waals surface area (Å²) in [6.45, 7) is 2.34. The van der Waals surface area contributed by atoms with Crippen molar-refractivity contribution in [3.63, 3.8) is 0 Å². The van der Waals surface area contributed by atoms with E-state index in [1.54, 1.807) is 4.90 Å². The highest BCUT2D eigenvalue weighted by atomic mass is 32.2. The highest BCUT2D eigenvalue weighted by molar-refractivity contribution is 7.98. The van der Waals surface area contributed by atoms with E-state index in [0.29, 0.717) is 19.0 Å². The van der Waals surface area contributed by atoms with Gasteiger partial charge < -0.3 is 25.7 Å². The molecule has 4 N–H and O–H groups in total. The molecule has 0 spiro atoms. The Labute approximate surface area is 125 Å². The predicted molar refractivity (Wildman–Crippen MR) is 76.9 cm³/mol. The second-order valence-electron chi connectivity index (χ2n) is 4.42. The molecule has 1 atom stereocenters. The monoisotopic (exact) mass is 318 g/mol. The third kappa shape index (κ3) is 6.34. The van der Waals surface area contributed by atoms with E-state index < -0.39 is 17.9 Å². The molecule has 21 heavy (non-hydrogen) atoms. The number of nitrogens with zero attached hydrogens (tertiary/aromatic N) is 2. The molecule has 118 valence electrons. The topological polar surface area (TPSA) is 131 Å². The molecule has 0 aliphatic carbocycles. The van der Waals surface area contributed by atoms with Gasteiger partial charge in [-0.25, -0.2) is 0 Å². The Bertz CT molecular complexity index is 442. The van der Waals surface area contributed by atoms with E-state index in [-0.39, 0.29) is 24.7 Å². The minimum Gasteiger partial charge on any atom is -0.481 e. The van der Waals surface area contributed by atoms with Crippen molar-refractivity contribution in [2.75, 3.05) is 31.9 Å². The van der Waals surface area contributed by atoms with Gasteiger partial charge in [0, 0.05) is 32.3 Å². The lowest BCUT2D eigenvalue weighted by Crippen LogP contribution is -2.34. The van der Waals surface area contributed by atoms with Crippen molar-refractivity contribution in [2.45, 2.75) is 6.92 Å². The molecule has 0 aromatic heterocycles. The maximum Gasteiger partial charge on any atom is 0.323 e. The summed E-state index contributed by atoms with van der Waals surface area (Å²) in [5.41, 5.74) is 0. The summed E-state index contributed by atoms with van der Waals surface area (Å²) < 4.78 is 4.12. The molecule has 1 rings (SSSR count). The molecule has 0 bridgehead atoms. The van der Waals surface area contributed by atoms with Crippen molar-refractivity contribution >= 4 is 35.8 Å². The Morgan fingerprint density at radius 1 is 1.48 bits per heavy atom. The largest absolute Gasteiger partial charge is 0.481 e. The van der Waals surface area contributed by atoms with Gasteiger partial charge in [0.2, 0.25) is 11.9 Å². The quantitative estimate of drug-likeness (QED) is 0.411. The van der Waals surface area contributed by atoms with Crippen LogP contribution in [0.3, 0.4) is 0 Å². The highest BCUT2D eigenvalue weighted by Crippen LogP contribution is 2.12. The molecule has 0 aromatic rings. The van der Waals surface area contributed by atoms with Crippen LogP contribution in [-0.2, 0) is 14.4 Å². The van der Waals surface area contributed by atoms with Crippen LogP contribution in [0, 0.1) is 5.92 Å². The van der Waals surface area contributed by atoms with E-state index in [2.05, 4.69) is 15.0 Å². The van der Waals surface area contributed by atoms with E-state index in [1.807, 2.05) is 0 Å². The fraction of sp³-hybridized carbons (Fsp3) is 0.636. The van der Waals surface area contributed by atoms with Crippen molar-refractivity contribution in [2.24, 2.45) is 10.3 Å². The van der Waals surface area contributed by atoms with Gasteiger partial charge in [-0.2, -0.15) is 4.40 Å². The van der Waals surface area contributed by atoms with Gasteiger partial charge in [0.15, 0.2) is 0 Å². The fourth-order valence-electron chi connectivity index (χ4n) is 1.60. The second-order valence-corrected chi connectivity index (χ2v) is 5.20. The standard InChI is InChI=1S/C11H18N4O5S/c1-7(16)13-4-8(10(19)20)6-21-14-11-12-2-3-15(11)5-9(17)18/h8H,2-6H2,1H3,(H,12,14)(H,13,16)(H,17,18)(H,19,20)/t8-/m1/s1. The molecule has 0 unspecified atom stereocenters. The van der Waals surface area contributed by atoms with Crippen LogP contribution in [0.2, 0.25) is 0 Å². The van der Waals surface area contributed by atoms with Gasteiger partial charge in [-0.1, -0.05) is 0 Å². The Morgan fingerprint density at radius 3 is 2.76 bits per heavy atom. The lowest BCUT2D eigenvalue weighted by Gasteiger charge is -2.15. The minimum absolute atomic E-state index is 0.0365. The average Bonchev–Trinajstić information content (AvgIpc) is 2.79. The first-order valence-electron chi connectivity index (χ1n) is 6.28. The van der Waals surface area contributed by atoms with Crippen molar-refractivity contribution in [3.8, 4) is 0 Å². The van der Waals surface area contributed by atoms with Gasteiger partial charge in [0.25, 0.3) is 0 Å². The number of carboxylic acids is 2. The number of guanidine groups is 1. The summed E-state index contributed by atoms with van der Waals surface area (Å²) in [7, 11) is 0. The fourth-order valence-corrected chi connectivity index (χ4v) is 2.42. The minimum atomic E-state index is -1.02. The summed E-state index contributed by atoms with van der Waals surface area (Å²) in [6.07, 6.45) is 0. The molecule has 1 amide bonds. The number of carboxylic acid groups (broad SMARTS) is 2. The van der Waals surface area contributed by atoms with Gasteiger partial charge in [0.1, 0.15) is 6.54 Å². The Morgan fingerprint density at radius 2 is 2.19 bits per heavy atom. The zero-order chi connectivity index (χ0) is 15.8. The van der Waals surface area contributed by atoms with E-state index in [0.717, 1.165) is 11.9 Å². The molecule has 1 aliphatic heterocycles. The molecule has 0 saturated carbocycles. The summed E-state index contributed by atoms with van der Waals surface area (Å²) in [5, 5.41) is 23.2. The molecular weight excluding hydrogens is 300 g/mol. The molecule has 1 aliphatic rings. The molecule has 0 radical (unpaired) electrons. The van der Waals surface area contributed by atoms with Crippen molar-refractivity contribution < 1.29 is 24.6 Å². The number of carbonyl (C=O) groups excluding carboxylic acids is 1. The van der Waals surface area contributed by atoms with Crippen LogP contribution in [0.5, 0.6) is 0 Å². The Hall–Kier alpha value is -1.97. The van der Waals surface area contributed by atoms with Crippen molar-refractivity contribution in [3.05, 3.63) is 0 Å². The van der Waals surface area contributed by atoms with Gasteiger partial charge >= 0.3 is 11.9 Å². The first-order chi connectivity index (χ1) is 9.90. The maximum atomic E-state index is 11.0. The molecule has 10 heteroatoms. The van der Waals surface area contributed by atoms with Crippen LogP contribution in [0.25, 0.3) is 0 Å². The van der Waals surface area contributed by atoms with Crippen molar-refractivity contribution in [1.82, 2.24) is 15.5 Å². The van der Waals surface area contributed by atoms with Gasteiger partial charge in [-0.15, -0.1) is 0 Å². The SMILES string of the molecule is CC(=O)NC[C@H](CS/N=C1\NCCN1CC(=O)O)C(=O)O. The van der Waals surface area contributed by atoms with Gasteiger partial charge in [-0.05, 0) is 11.9 Å². The first kappa shape index (κ1) is 17.1. The third-order valence-electron chi connectivity index (χ3n) is 2.66. The molecule has 1 fully saturated rings. The molecule has 0 aromatic carbocycles. The zero-order valence-corrected chi connectivity index (χ0v) is 12.4. The smallest absolute Gasteiger partial charge is 0.323 e. The number of aliphatic carboxylic acids is 2. The van der Waals surface area contributed by atoms with E-state index in [1.165, 1.54) is 6.92 Å². The molecule has 1 saturated heterocycles. The van der Waals surface area contributed by atoms with E-state index in [4.69, 9.17) is 10.2 Å². The van der Waals surface area contributed by atoms with Crippen LogP contribution in [0.1, 0.15) is 6.92 Å². The Balaban J connectivity index is 2.47. The number of hydrogen-bond acceptors (Lipinski definition) is 5. The predicted octanol–water partition coefficient (Wildman–Crippen LogP) is -1.18. The zero-order valence-electron chi connectivity index (χ0n) is 11.5. The van der Waals surface area contributed by atoms with E-state index in [9.17, 15) is 14.4 Å². The van der Waals surface area contributed by atoms with Crippen LogP contribution in [0.4, 0.5) is 0 Å². The summed E-state index contributed by atoms with van der Waals surface area (Å²) in [4.78, 5) is 34.1. The second kappa shape index (κ2) is 8.35. The van der Waals surface area contributed by atoms with Crippen LogP contribution in [-0.4, -0.2) is 70.9 Å². The number of hydrogen-bond donors (Lipinski definition) is 4. The van der Waals surface area contributed by atoms with Crippen LogP contribution in [0.15, 0.2) is 4.40 Å². The lowest BCUT2D eigenvalue weighted by atomic mass is 10.2. The average molecular weight is 318 g/mol. The lowest BCUT2D eigenvalue weighted by molar-refractivity contribution is -0.141. The number of carbonyl (C=O) groups is 3. The summed E-state index contributed by atoms with van der Waals surface area (Å²) in [6, 6.07) is 0. The van der Waals surface area contributed by atoms with Crippen LogP contribution >= 0.6 is 11.9 Å². The van der Waals surface area contributed by atoms with Gasteiger partial charge in [0.05, 0.1) is 5.92 Å². The molecular formula is C11H18N4O5S. The number of nitrogens with one attached hydrogen (secondary N) is 2. The van der Waals surface area contributed by atoms with Crippen molar-refractivity contribution in [1.29, 1.82) is 0 Å². The van der Waals surface area contributed by atoms with Gasteiger partial charge in [-0.3, -0.25) is 14.4 Å². The maximum absolute atomic E-state index is 11.0. The van der Waals surface area contributed by atoms with Crippen LogP contribution < -0.4 is 10.6 Å². The first-order valence-corrected chi connectivity index (χ1v) is 7.22. The molecule has 9 nitrogen and oxygen atoms in total. The third-order valence-corrected chi connectivity index (χ3v) is 3.52. The number of amides is 1.